The van der Waals surface area contributed by atoms with Crippen molar-refractivity contribution in [3.63, 3.8) is 0 Å². The number of ether oxygens (including phenoxy) is 1. The normalized spacial score (nSPS) is 13.7. The molecule has 1 atom stereocenters. The summed E-state index contributed by atoms with van der Waals surface area (Å²) >= 11 is 0. The second-order valence-electron chi connectivity index (χ2n) is 4.24. The van der Waals surface area contributed by atoms with Crippen LogP contribution in [-0.2, 0) is 4.74 Å². The minimum absolute atomic E-state index is 0.189. The lowest BCUT2D eigenvalue weighted by molar-refractivity contribution is 0.0148. The van der Waals surface area contributed by atoms with Crippen molar-refractivity contribution >= 4 is 0 Å². The molecule has 0 aromatic rings. The van der Waals surface area contributed by atoms with Crippen molar-refractivity contribution in [2.24, 2.45) is 0 Å². The number of hydrogen-bond acceptors (Lipinski definition) is 3. The average Bonchev–Trinajstić information content (AvgIpc) is 2.23. The van der Waals surface area contributed by atoms with Gasteiger partial charge in [0.1, 0.15) is 6.10 Å². The van der Waals surface area contributed by atoms with Gasteiger partial charge in [-0.25, -0.2) is 0 Å². The van der Waals surface area contributed by atoms with Crippen molar-refractivity contribution in [1.29, 1.82) is 0 Å². The maximum absolute atomic E-state index is 9.02. The maximum atomic E-state index is 9.02. The molecule has 0 radical (unpaired) electrons. The van der Waals surface area contributed by atoms with E-state index in [1.54, 1.807) is 0 Å². The zero-order chi connectivity index (χ0) is 12.4. The molecule has 0 amide bonds. The van der Waals surface area contributed by atoms with Gasteiger partial charge in [-0.05, 0) is 33.6 Å². The number of aliphatic hydroxyl groups is 2. The van der Waals surface area contributed by atoms with Crippen LogP contribution in [0.1, 0.15) is 33.6 Å². The van der Waals surface area contributed by atoms with E-state index < -0.39 is 6.10 Å². The quantitative estimate of drug-likeness (QED) is 0.494. The number of allylic oxidation sites excluding steroid dienone is 3. The van der Waals surface area contributed by atoms with Crippen LogP contribution in [0.3, 0.4) is 0 Å². The molecule has 0 aliphatic heterocycles. The van der Waals surface area contributed by atoms with Crippen LogP contribution in [0, 0.1) is 0 Å². The summed E-state index contributed by atoms with van der Waals surface area (Å²) in [6.07, 6.45) is 5.57. The third-order valence-electron chi connectivity index (χ3n) is 2.16. The van der Waals surface area contributed by atoms with E-state index >= 15 is 0 Å². The first kappa shape index (κ1) is 15.4. The highest BCUT2D eigenvalue weighted by atomic mass is 16.5. The van der Waals surface area contributed by atoms with Gasteiger partial charge < -0.3 is 14.9 Å². The molecule has 0 saturated carbocycles. The molecule has 0 aliphatic rings. The molecule has 3 nitrogen and oxygen atoms in total. The first-order valence-electron chi connectivity index (χ1n) is 5.72. The molecule has 1 unspecified atom stereocenters. The molecular formula is C13H24O3. The minimum atomic E-state index is -0.764. The highest BCUT2D eigenvalue weighted by Gasteiger charge is 1.99. The Bertz CT molecular complexity index is 227. The zero-order valence-electron chi connectivity index (χ0n) is 10.6. The number of aliphatic hydroxyl groups excluding tert-OH is 2. The van der Waals surface area contributed by atoms with Gasteiger partial charge in [0.25, 0.3) is 0 Å². The lowest BCUT2D eigenvalue weighted by Crippen LogP contribution is -2.19. The van der Waals surface area contributed by atoms with Crippen molar-refractivity contribution in [3.8, 4) is 0 Å². The van der Waals surface area contributed by atoms with Crippen LogP contribution in [0.2, 0.25) is 0 Å². The predicted octanol–water partition coefficient (Wildman–Crippen LogP) is 2.05. The molecule has 16 heavy (non-hydrogen) atoms. The van der Waals surface area contributed by atoms with Crippen molar-refractivity contribution in [3.05, 3.63) is 23.3 Å². The monoisotopic (exact) mass is 228 g/mol. The van der Waals surface area contributed by atoms with Crippen LogP contribution in [0.15, 0.2) is 23.3 Å². The molecule has 0 rings (SSSR count). The summed E-state index contributed by atoms with van der Waals surface area (Å²) < 4.78 is 5.18. The molecule has 0 saturated heterocycles. The average molecular weight is 228 g/mol. The van der Waals surface area contributed by atoms with E-state index in [-0.39, 0.29) is 13.2 Å². The van der Waals surface area contributed by atoms with E-state index in [1.807, 2.05) is 6.08 Å². The first-order valence-corrected chi connectivity index (χ1v) is 5.72. The Kier molecular flexibility index (Phi) is 9.19. The van der Waals surface area contributed by atoms with E-state index in [2.05, 4.69) is 26.8 Å². The van der Waals surface area contributed by atoms with Gasteiger partial charge in [0.05, 0.1) is 19.8 Å². The lowest BCUT2D eigenvalue weighted by Gasteiger charge is -2.06. The first-order chi connectivity index (χ1) is 7.56. The summed E-state index contributed by atoms with van der Waals surface area (Å²) in [5.41, 5.74) is 2.63. The highest BCUT2D eigenvalue weighted by Crippen LogP contribution is 2.06. The maximum Gasteiger partial charge on any atom is 0.100 e. The second-order valence-corrected chi connectivity index (χ2v) is 4.24. The topological polar surface area (TPSA) is 49.7 Å². The SMILES string of the molecule is CC(C)=CCC/C(C)=C/COCC(O)CO. The molecule has 0 aromatic carbocycles. The van der Waals surface area contributed by atoms with E-state index in [0.717, 1.165) is 12.8 Å². The zero-order valence-corrected chi connectivity index (χ0v) is 10.6. The van der Waals surface area contributed by atoms with Crippen LogP contribution in [-0.4, -0.2) is 36.1 Å². The summed E-state index contributed by atoms with van der Waals surface area (Å²) in [6, 6.07) is 0. The van der Waals surface area contributed by atoms with Gasteiger partial charge in [-0.3, -0.25) is 0 Å². The summed E-state index contributed by atoms with van der Waals surface area (Å²) in [5, 5.41) is 17.6. The fourth-order valence-corrected chi connectivity index (χ4v) is 1.15. The van der Waals surface area contributed by atoms with Gasteiger partial charge in [0.2, 0.25) is 0 Å². The molecule has 0 aromatic heterocycles. The lowest BCUT2D eigenvalue weighted by atomic mass is 10.1. The Morgan fingerprint density at radius 1 is 1.25 bits per heavy atom. The van der Waals surface area contributed by atoms with Crippen LogP contribution in [0.5, 0.6) is 0 Å². The molecule has 94 valence electrons. The Balaban J connectivity index is 3.59. The smallest absolute Gasteiger partial charge is 0.100 e. The Morgan fingerprint density at radius 2 is 1.94 bits per heavy atom. The van der Waals surface area contributed by atoms with Crippen molar-refractivity contribution in [1.82, 2.24) is 0 Å². The summed E-state index contributed by atoms with van der Waals surface area (Å²) in [7, 11) is 0. The molecule has 0 bridgehead atoms. The summed E-state index contributed by atoms with van der Waals surface area (Å²) in [4.78, 5) is 0. The van der Waals surface area contributed by atoms with Crippen LogP contribution < -0.4 is 0 Å². The van der Waals surface area contributed by atoms with Crippen LogP contribution >= 0.6 is 0 Å². The van der Waals surface area contributed by atoms with Gasteiger partial charge in [0, 0.05) is 0 Å². The van der Waals surface area contributed by atoms with Crippen molar-refractivity contribution < 1.29 is 14.9 Å². The fourth-order valence-electron chi connectivity index (χ4n) is 1.15. The molecule has 0 aliphatic carbocycles. The van der Waals surface area contributed by atoms with E-state index in [9.17, 15) is 0 Å². The number of rotatable bonds is 8. The molecule has 3 heteroatoms. The second kappa shape index (κ2) is 9.58. The predicted molar refractivity (Wildman–Crippen MR) is 66.3 cm³/mol. The van der Waals surface area contributed by atoms with Gasteiger partial charge in [-0.1, -0.05) is 23.3 Å². The van der Waals surface area contributed by atoms with Gasteiger partial charge >= 0.3 is 0 Å². The molecule has 0 heterocycles. The summed E-state index contributed by atoms with van der Waals surface area (Å²) in [5.74, 6) is 0. The largest absolute Gasteiger partial charge is 0.394 e. The minimum Gasteiger partial charge on any atom is -0.394 e. The standard InChI is InChI=1S/C13H24O3/c1-11(2)5-4-6-12(3)7-8-16-10-13(15)9-14/h5,7,13-15H,4,6,8-10H2,1-3H3/b12-7+. The summed E-state index contributed by atoms with van der Waals surface area (Å²) in [6.45, 7) is 6.71. The van der Waals surface area contributed by atoms with Gasteiger partial charge in [-0.15, -0.1) is 0 Å². The third-order valence-corrected chi connectivity index (χ3v) is 2.16. The molecule has 0 spiro atoms. The number of hydrogen-bond donors (Lipinski definition) is 2. The van der Waals surface area contributed by atoms with Crippen molar-refractivity contribution in [2.45, 2.75) is 39.7 Å². The third kappa shape index (κ3) is 9.90. The van der Waals surface area contributed by atoms with Crippen molar-refractivity contribution in [2.75, 3.05) is 19.8 Å². The molecule has 0 fully saturated rings. The van der Waals surface area contributed by atoms with Gasteiger partial charge in [-0.2, -0.15) is 0 Å². The van der Waals surface area contributed by atoms with Crippen LogP contribution in [0.25, 0.3) is 0 Å². The molecular weight excluding hydrogens is 204 g/mol. The Hall–Kier alpha value is -0.640. The fraction of sp³-hybridized carbons (Fsp3) is 0.692. The van der Waals surface area contributed by atoms with E-state index in [1.165, 1.54) is 11.1 Å². The Labute approximate surface area is 98.4 Å². The Morgan fingerprint density at radius 3 is 2.50 bits per heavy atom. The van der Waals surface area contributed by atoms with E-state index in [4.69, 9.17) is 14.9 Å². The van der Waals surface area contributed by atoms with Gasteiger partial charge in [0.15, 0.2) is 0 Å². The van der Waals surface area contributed by atoms with Crippen LogP contribution in [0.4, 0.5) is 0 Å². The highest BCUT2D eigenvalue weighted by molar-refractivity contribution is 5.02. The van der Waals surface area contributed by atoms with E-state index in [0.29, 0.717) is 6.61 Å². The molecule has 2 N–H and O–H groups in total.